The number of nitrogens with zero attached hydrogens (tertiary/aromatic N) is 6. The zero-order valence-corrected chi connectivity index (χ0v) is 29.0. The molecule has 2 N–H and O–H groups in total. The first kappa shape index (κ1) is 33.7. The van der Waals surface area contributed by atoms with Crippen molar-refractivity contribution in [2.24, 2.45) is 0 Å². The number of anilines is 1. The molecule has 50 heavy (non-hydrogen) atoms. The first-order valence-electron chi connectivity index (χ1n) is 17.2. The van der Waals surface area contributed by atoms with Crippen LogP contribution in [0.3, 0.4) is 0 Å². The predicted molar refractivity (Wildman–Crippen MR) is 195 cm³/mol. The standard InChI is InChI=1S/C39H42ClN7O3/c1-41-37(48)34-27-46(25-24-44(34)21-17-28-6-3-2-4-7-28)38(49)30-11-9-29(10-12-30)26-35-42-36-33(8-5-20-47(36)43-35)45-22-18-39(50,19-23-45)31-13-15-32(40)16-14-31/h2-16,20,34,50H,17-19,21-27H2,1H3,(H,41,48). The van der Waals surface area contributed by atoms with Crippen LogP contribution in [0.4, 0.5) is 5.69 Å². The Morgan fingerprint density at radius 1 is 0.900 bits per heavy atom. The largest absolute Gasteiger partial charge is 0.385 e. The smallest absolute Gasteiger partial charge is 0.253 e. The Morgan fingerprint density at radius 3 is 2.36 bits per heavy atom. The molecule has 2 aliphatic rings. The van der Waals surface area contributed by atoms with E-state index in [4.69, 9.17) is 21.7 Å². The molecule has 3 aromatic carbocycles. The van der Waals surface area contributed by atoms with Crippen LogP contribution < -0.4 is 10.2 Å². The predicted octanol–water partition coefficient (Wildman–Crippen LogP) is 4.58. The van der Waals surface area contributed by atoms with Crippen molar-refractivity contribution in [2.45, 2.75) is 37.3 Å². The van der Waals surface area contributed by atoms with E-state index in [9.17, 15) is 14.7 Å². The lowest BCUT2D eigenvalue weighted by molar-refractivity contribution is -0.127. The van der Waals surface area contributed by atoms with Crippen LogP contribution in [0, 0.1) is 0 Å². The zero-order valence-electron chi connectivity index (χ0n) is 28.2. The maximum Gasteiger partial charge on any atom is 0.253 e. The van der Waals surface area contributed by atoms with Crippen LogP contribution >= 0.6 is 11.6 Å². The fourth-order valence-electron chi connectivity index (χ4n) is 7.16. The number of carbonyl (C=O) groups excluding carboxylic acids is 2. The molecule has 0 radical (unpaired) electrons. The molecule has 4 heterocycles. The normalized spacial score (nSPS) is 17.9. The summed E-state index contributed by atoms with van der Waals surface area (Å²) in [5, 5.41) is 19.6. The number of aliphatic hydroxyl groups is 1. The van der Waals surface area contributed by atoms with Gasteiger partial charge in [0.05, 0.1) is 11.3 Å². The van der Waals surface area contributed by atoms with E-state index < -0.39 is 11.6 Å². The van der Waals surface area contributed by atoms with Gasteiger partial charge in [-0.2, -0.15) is 5.10 Å². The number of nitrogens with one attached hydrogen (secondary N) is 1. The van der Waals surface area contributed by atoms with E-state index in [0.29, 0.717) is 68.4 Å². The summed E-state index contributed by atoms with van der Waals surface area (Å²) >= 11 is 6.07. The molecule has 2 amide bonds. The molecule has 2 fully saturated rings. The molecule has 0 saturated carbocycles. The van der Waals surface area contributed by atoms with E-state index in [1.54, 1.807) is 11.9 Å². The van der Waals surface area contributed by atoms with Crippen molar-refractivity contribution in [3.05, 3.63) is 130 Å². The number of piperazine rings is 1. The summed E-state index contributed by atoms with van der Waals surface area (Å²) in [7, 11) is 1.65. The van der Waals surface area contributed by atoms with Gasteiger partial charge in [-0.1, -0.05) is 66.2 Å². The minimum Gasteiger partial charge on any atom is -0.385 e. The first-order chi connectivity index (χ1) is 24.3. The Morgan fingerprint density at radius 2 is 1.64 bits per heavy atom. The average molecular weight is 692 g/mol. The number of pyridine rings is 1. The maximum absolute atomic E-state index is 13.6. The number of piperidine rings is 1. The summed E-state index contributed by atoms with van der Waals surface area (Å²) in [5.74, 6) is 0.535. The van der Waals surface area contributed by atoms with Gasteiger partial charge in [-0.15, -0.1) is 0 Å². The number of halogens is 1. The van der Waals surface area contributed by atoms with Crippen molar-refractivity contribution >= 4 is 34.7 Å². The lowest BCUT2D eigenvalue weighted by Gasteiger charge is -2.40. The van der Waals surface area contributed by atoms with E-state index in [0.717, 1.165) is 35.4 Å². The molecule has 0 bridgehead atoms. The SMILES string of the molecule is CNC(=O)C1CN(C(=O)c2ccc(Cc3nc4c(N5CCC(O)(c6ccc(Cl)cc6)CC5)cccn4n3)cc2)CCN1CCc1ccccc1. The first-order valence-corrected chi connectivity index (χ1v) is 17.6. The second kappa shape index (κ2) is 14.6. The van der Waals surface area contributed by atoms with Gasteiger partial charge < -0.3 is 20.2 Å². The molecule has 7 rings (SSSR count). The molecular formula is C39H42ClN7O3. The van der Waals surface area contributed by atoms with Crippen LogP contribution in [0.1, 0.15) is 45.7 Å². The molecule has 258 valence electrons. The lowest BCUT2D eigenvalue weighted by atomic mass is 9.84. The molecule has 2 aromatic heterocycles. The number of amides is 2. The fourth-order valence-corrected chi connectivity index (χ4v) is 7.29. The third kappa shape index (κ3) is 7.23. The van der Waals surface area contributed by atoms with Gasteiger partial charge in [-0.05, 0) is 72.4 Å². The third-order valence-electron chi connectivity index (χ3n) is 10.1. The van der Waals surface area contributed by atoms with E-state index in [-0.39, 0.29) is 11.8 Å². The van der Waals surface area contributed by atoms with Crippen LogP contribution in [0.5, 0.6) is 0 Å². The minimum atomic E-state index is -0.888. The Balaban J connectivity index is 0.983. The summed E-state index contributed by atoms with van der Waals surface area (Å²) in [6.45, 7) is 3.67. The Hall–Kier alpha value is -4.77. The number of fused-ring (bicyclic) bond motifs is 1. The summed E-state index contributed by atoms with van der Waals surface area (Å²) in [6.07, 6.45) is 4.46. The van der Waals surface area contributed by atoms with Gasteiger partial charge in [0, 0.05) is 69.5 Å². The highest BCUT2D eigenvalue weighted by Crippen LogP contribution is 2.36. The topological polar surface area (TPSA) is 106 Å². The van der Waals surface area contributed by atoms with E-state index >= 15 is 0 Å². The minimum absolute atomic E-state index is 0.0752. The van der Waals surface area contributed by atoms with Gasteiger partial charge in [0.25, 0.3) is 5.91 Å². The van der Waals surface area contributed by atoms with E-state index in [1.807, 2.05) is 83.5 Å². The number of hydrogen-bond donors (Lipinski definition) is 2. The second-order valence-electron chi connectivity index (χ2n) is 13.2. The molecule has 2 aliphatic heterocycles. The highest BCUT2D eigenvalue weighted by Gasteiger charge is 2.35. The Labute approximate surface area is 297 Å². The molecule has 5 aromatic rings. The molecule has 11 heteroatoms. The quantitative estimate of drug-likeness (QED) is 0.233. The van der Waals surface area contributed by atoms with Gasteiger partial charge in [0.15, 0.2) is 11.5 Å². The Bertz CT molecular complexity index is 1940. The number of rotatable bonds is 9. The number of aromatic nitrogens is 3. The van der Waals surface area contributed by atoms with E-state index in [2.05, 4.69) is 33.3 Å². The van der Waals surface area contributed by atoms with Crippen molar-refractivity contribution in [2.75, 3.05) is 51.2 Å². The van der Waals surface area contributed by atoms with Crippen molar-refractivity contribution in [3.8, 4) is 0 Å². The fraction of sp³-hybridized carbons (Fsp3) is 0.333. The third-order valence-corrected chi connectivity index (χ3v) is 10.4. The van der Waals surface area contributed by atoms with Crippen molar-refractivity contribution < 1.29 is 14.7 Å². The second-order valence-corrected chi connectivity index (χ2v) is 13.7. The van der Waals surface area contributed by atoms with Gasteiger partial charge in [-0.25, -0.2) is 9.50 Å². The summed E-state index contributed by atoms with van der Waals surface area (Å²) < 4.78 is 1.81. The molecule has 0 spiro atoms. The lowest BCUT2D eigenvalue weighted by Crippen LogP contribution is -2.60. The van der Waals surface area contributed by atoms with Crippen molar-refractivity contribution in [3.63, 3.8) is 0 Å². The molecule has 0 aliphatic carbocycles. The Kier molecular flexibility index (Phi) is 9.85. The highest BCUT2D eigenvalue weighted by atomic mass is 35.5. The van der Waals surface area contributed by atoms with Gasteiger partial charge in [-0.3, -0.25) is 14.5 Å². The monoisotopic (exact) mass is 691 g/mol. The molecular weight excluding hydrogens is 650 g/mol. The zero-order chi connectivity index (χ0) is 34.7. The van der Waals surface area contributed by atoms with Crippen molar-refractivity contribution in [1.82, 2.24) is 29.7 Å². The highest BCUT2D eigenvalue weighted by molar-refractivity contribution is 6.30. The van der Waals surface area contributed by atoms with Gasteiger partial charge in [0.2, 0.25) is 5.91 Å². The van der Waals surface area contributed by atoms with Crippen LogP contribution in [0.25, 0.3) is 5.65 Å². The van der Waals surface area contributed by atoms with E-state index in [1.165, 1.54) is 5.56 Å². The van der Waals surface area contributed by atoms with Gasteiger partial charge >= 0.3 is 0 Å². The van der Waals surface area contributed by atoms with Crippen LogP contribution in [-0.2, 0) is 23.2 Å². The summed E-state index contributed by atoms with van der Waals surface area (Å²) in [6, 6.07) is 29.0. The number of hydrogen-bond acceptors (Lipinski definition) is 7. The van der Waals surface area contributed by atoms with Crippen molar-refractivity contribution in [1.29, 1.82) is 0 Å². The van der Waals surface area contributed by atoms with Crippen LogP contribution in [0.2, 0.25) is 5.02 Å². The number of likely N-dealkylation sites (N-methyl/N-ethyl adjacent to an activating group) is 1. The van der Waals surface area contributed by atoms with Crippen LogP contribution in [-0.4, -0.2) is 93.7 Å². The number of benzene rings is 3. The molecule has 1 unspecified atom stereocenters. The molecule has 2 saturated heterocycles. The maximum atomic E-state index is 13.6. The van der Waals surface area contributed by atoms with Gasteiger partial charge in [0.1, 0.15) is 6.04 Å². The summed E-state index contributed by atoms with van der Waals surface area (Å²) in [4.78, 5) is 37.6. The molecule has 1 atom stereocenters. The van der Waals surface area contributed by atoms with Crippen LogP contribution in [0.15, 0.2) is 97.2 Å². The average Bonchev–Trinajstić information content (AvgIpc) is 3.57. The summed E-state index contributed by atoms with van der Waals surface area (Å²) in [5.41, 5.74) is 4.59. The number of carbonyl (C=O) groups is 2. The molecule has 10 nitrogen and oxygen atoms in total.